The lowest BCUT2D eigenvalue weighted by molar-refractivity contribution is 0.436. The van der Waals surface area contributed by atoms with E-state index in [2.05, 4.69) is 57.3 Å². The second kappa shape index (κ2) is 9.14. The van der Waals surface area contributed by atoms with Crippen molar-refractivity contribution in [1.29, 1.82) is 0 Å². The van der Waals surface area contributed by atoms with E-state index in [-0.39, 0.29) is 0 Å². The molecule has 0 amide bonds. The summed E-state index contributed by atoms with van der Waals surface area (Å²) in [6, 6.07) is 9.87. The predicted molar refractivity (Wildman–Crippen MR) is 85.6 cm³/mol. The molecule has 0 aliphatic carbocycles. The Morgan fingerprint density at radius 2 is 1.79 bits per heavy atom. The van der Waals surface area contributed by atoms with Crippen LogP contribution in [-0.2, 0) is 0 Å². The molecule has 1 rings (SSSR count). The van der Waals surface area contributed by atoms with E-state index in [9.17, 15) is 0 Å². The molecule has 0 spiro atoms. The second-order valence-electron chi connectivity index (χ2n) is 5.91. The lowest BCUT2D eigenvalue weighted by Gasteiger charge is -2.20. The highest BCUT2D eigenvalue weighted by atomic mass is 14.9. The van der Waals surface area contributed by atoms with Crippen molar-refractivity contribution in [2.24, 2.45) is 0 Å². The third-order valence-electron chi connectivity index (χ3n) is 3.82. The molecule has 0 aliphatic heterocycles. The Hall–Kier alpha value is -0.820. The van der Waals surface area contributed by atoms with Gasteiger partial charge < -0.3 is 5.32 Å². The van der Waals surface area contributed by atoms with Gasteiger partial charge >= 0.3 is 0 Å². The van der Waals surface area contributed by atoms with Crippen molar-refractivity contribution in [1.82, 2.24) is 5.32 Å². The largest absolute Gasteiger partial charge is 0.308 e. The van der Waals surface area contributed by atoms with Crippen LogP contribution in [0, 0.1) is 6.92 Å². The van der Waals surface area contributed by atoms with Gasteiger partial charge in [-0.1, -0.05) is 68.9 Å². The minimum absolute atomic E-state index is 0.450. The Balaban J connectivity index is 2.26. The van der Waals surface area contributed by atoms with Gasteiger partial charge in [0.1, 0.15) is 0 Å². The van der Waals surface area contributed by atoms with Crippen LogP contribution in [0.5, 0.6) is 0 Å². The molecule has 0 aliphatic rings. The summed E-state index contributed by atoms with van der Waals surface area (Å²) in [6.45, 7) is 9.01. The Labute approximate surface area is 119 Å². The third kappa shape index (κ3) is 6.77. The maximum absolute atomic E-state index is 3.71. The first kappa shape index (κ1) is 16.2. The Morgan fingerprint density at radius 3 is 2.47 bits per heavy atom. The van der Waals surface area contributed by atoms with Crippen molar-refractivity contribution < 1.29 is 0 Å². The van der Waals surface area contributed by atoms with Crippen molar-refractivity contribution in [2.45, 2.75) is 78.3 Å². The highest BCUT2D eigenvalue weighted by Gasteiger charge is 2.09. The number of hydrogen-bond donors (Lipinski definition) is 1. The maximum Gasteiger partial charge on any atom is 0.0294 e. The maximum atomic E-state index is 3.71. The predicted octanol–water partition coefficient (Wildman–Crippen LogP) is 5.39. The van der Waals surface area contributed by atoms with Gasteiger partial charge in [-0.3, -0.25) is 0 Å². The highest BCUT2D eigenvalue weighted by molar-refractivity contribution is 5.24. The van der Waals surface area contributed by atoms with E-state index in [0.717, 1.165) is 0 Å². The molecule has 1 aromatic carbocycles. The molecule has 0 heterocycles. The molecule has 0 fully saturated rings. The van der Waals surface area contributed by atoms with E-state index in [0.29, 0.717) is 12.1 Å². The summed E-state index contributed by atoms with van der Waals surface area (Å²) in [7, 11) is 0. The Morgan fingerprint density at radius 1 is 1.05 bits per heavy atom. The number of benzene rings is 1. The van der Waals surface area contributed by atoms with Crippen molar-refractivity contribution in [3.8, 4) is 0 Å². The van der Waals surface area contributed by atoms with Gasteiger partial charge in [-0.15, -0.1) is 0 Å². The summed E-state index contributed by atoms with van der Waals surface area (Å²) in [6.07, 6.45) is 8.16. The smallest absolute Gasteiger partial charge is 0.0294 e. The van der Waals surface area contributed by atoms with Crippen LogP contribution < -0.4 is 5.32 Å². The van der Waals surface area contributed by atoms with Gasteiger partial charge in [0.05, 0.1) is 0 Å². The van der Waals surface area contributed by atoms with Gasteiger partial charge in [-0.05, 0) is 32.8 Å². The summed E-state index contributed by atoms with van der Waals surface area (Å²) >= 11 is 0. The van der Waals surface area contributed by atoms with Crippen LogP contribution in [0.2, 0.25) is 0 Å². The SMILES string of the molecule is CCCCCCCC(C)N[C@H](C)c1cccc(C)c1. The van der Waals surface area contributed by atoms with Gasteiger partial charge in [0.15, 0.2) is 0 Å². The molecule has 1 heteroatoms. The summed E-state index contributed by atoms with van der Waals surface area (Å²) in [5, 5.41) is 3.71. The first-order valence-corrected chi connectivity index (χ1v) is 7.96. The molecule has 0 saturated heterocycles. The van der Waals surface area contributed by atoms with Crippen molar-refractivity contribution >= 4 is 0 Å². The zero-order valence-corrected chi connectivity index (χ0v) is 13.2. The van der Waals surface area contributed by atoms with Gasteiger partial charge in [-0.2, -0.15) is 0 Å². The van der Waals surface area contributed by atoms with Crippen LogP contribution in [0.3, 0.4) is 0 Å². The molecular weight excluding hydrogens is 230 g/mol. The molecule has 108 valence electrons. The van der Waals surface area contributed by atoms with Crippen LogP contribution in [0.1, 0.15) is 76.5 Å². The Kier molecular flexibility index (Phi) is 7.81. The molecule has 1 N–H and O–H groups in total. The molecule has 0 bridgehead atoms. The quantitative estimate of drug-likeness (QED) is 0.587. The van der Waals surface area contributed by atoms with E-state index in [1.54, 1.807) is 0 Å². The van der Waals surface area contributed by atoms with Gasteiger partial charge in [0.25, 0.3) is 0 Å². The van der Waals surface area contributed by atoms with Crippen molar-refractivity contribution in [2.75, 3.05) is 0 Å². The van der Waals surface area contributed by atoms with E-state index in [1.165, 1.54) is 49.7 Å². The van der Waals surface area contributed by atoms with Gasteiger partial charge in [0, 0.05) is 12.1 Å². The fourth-order valence-electron chi connectivity index (χ4n) is 2.60. The number of rotatable bonds is 9. The minimum Gasteiger partial charge on any atom is -0.308 e. The second-order valence-corrected chi connectivity index (χ2v) is 5.91. The van der Waals surface area contributed by atoms with Crippen molar-refractivity contribution in [3.05, 3.63) is 35.4 Å². The van der Waals surface area contributed by atoms with Crippen LogP contribution in [0.25, 0.3) is 0 Å². The van der Waals surface area contributed by atoms with E-state index < -0.39 is 0 Å². The third-order valence-corrected chi connectivity index (χ3v) is 3.82. The molecule has 2 atom stereocenters. The van der Waals surface area contributed by atoms with Crippen molar-refractivity contribution in [3.63, 3.8) is 0 Å². The van der Waals surface area contributed by atoms with Gasteiger partial charge in [0.2, 0.25) is 0 Å². The molecular formula is C18H31N. The zero-order chi connectivity index (χ0) is 14.1. The number of unbranched alkanes of at least 4 members (excludes halogenated alkanes) is 4. The monoisotopic (exact) mass is 261 g/mol. The van der Waals surface area contributed by atoms with Crippen LogP contribution in [-0.4, -0.2) is 6.04 Å². The summed E-state index contributed by atoms with van der Waals surface area (Å²) in [4.78, 5) is 0. The highest BCUT2D eigenvalue weighted by Crippen LogP contribution is 2.16. The summed E-state index contributed by atoms with van der Waals surface area (Å²) < 4.78 is 0. The summed E-state index contributed by atoms with van der Waals surface area (Å²) in [5.41, 5.74) is 2.75. The molecule has 0 saturated carbocycles. The number of nitrogens with one attached hydrogen (secondary N) is 1. The van der Waals surface area contributed by atoms with E-state index in [1.807, 2.05) is 0 Å². The molecule has 1 aromatic rings. The number of aryl methyl sites for hydroxylation is 1. The van der Waals surface area contributed by atoms with Crippen LogP contribution in [0.4, 0.5) is 0 Å². The van der Waals surface area contributed by atoms with E-state index in [4.69, 9.17) is 0 Å². The first-order valence-electron chi connectivity index (χ1n) is 7.96. The molecule has 1 unspecified atom stereocenters. The fourth-order valence-corrected chi connectivity index (χ4v) is 2.60. The lowest BCUT2D eigenvalue weighted by atomic mass is 10.0. The minimum atomic E-state index is 0.450. The standard InChI is InChI=1S/C18H31N/c1-5-6-7-8-9-12-16(3)19-17(4)18-13-10-11-15(2)14-18/h10-11,13-14,16-17,19H,5-9,12H2,1-4H3/t16?,17-/m1/s1. The van der Waals surface area contributed by atoms with Crippen LogP contribution >= 0.6 is 0 Å². The fraction of sp³-hybridized carbons (Fsp3) is 0.667. The summed E-state index contributed by atoms with van der Waals surface area (Å²) in [5.74, 6) is 0. The topological polar surface area (TPSA) is 12.0 Å². The molecule has 19 heavy (non-hydrogen) atoms. The van der Waals surface area contributed by atoms with Crippen LogP contribution in [0.15, 0.2) is 24.3 Å². The number of hydrogen-bond acceptors (Lipinski definition) is 1. The average Bonchev–Trinajstić information content (AvgIpc) is 2.38. The Bertz CT molecular complexity index is 345. The lowest BCUT2D eigenvalue weighted by Crippen LogP contribution is -2.28. The normalized spacial score (nSPS) is 14.3. The average molecular weight is 261 g/mol. The van der Waals surface area contributed by atoms with E-state index >= 15 is 0 Å². The van der Waals surface area contributed by atoms with Gasteiger partial charge in [-0.25, -0.2) is 0 Å². The molecule has 0 radical (unpaired) electrons. The molecule has 0 aromatic heterocycles. The first-order chi connectivity index (χ1) is 9.13. The zero-order valence-electron chi connectivity index (χ0n) is 13.2. The molecule has 1 nitrogen and oxygen atoms in total.